The minimum absolute atomic E-state index is 0.0557. The smallest absolute Gasteiger partial charge is 0.0540 e. The Balaban J connectivity index is 2.37. The van der Waals surface area contributed by atoms with Gasteiger partial charge < -0.3 is 5.11 Å². The van der Waals surface area contributed by atoms with Crippen molar-refractivity contribution < 1.29 is 5.11 Å². The van der Waals surface area contributed by atoms with Gasteiger partial charge in [-0.25, -0.2) is 0 Å². The van der Waals surface area contributed by atoms with Crippen molar-refractivity contribution in [2.45, 2.75) is 85.2 Å². The summed E-state index contributed by atoms with van der Waals surface area (Å²) in [7, 11) is 0. The van der Waals surface area contributed by atoms with Gasteiger partial charge in [-0.2, -0.15) is 0 Å². The molecule has 2 unspecified atom stereocenters. The predicted octanol–water partition coefficient (Wildman–Crippen LogP) is 4.78. The molecule has 0 radical (unpaired) electrons. The van der Waals surface area contributed by atoms with Crippen molar-refractivity contribution in [2.24, 2.45) is 17.3 Å². The van der Waals surface area contributed by atoms with Crippen LogP contribution in [0.1, 0.15) is 79.1 Å². The molecule has 1 nitrogen and oxygen atoms in total. The monoisotopic (exact) mass is 240 g/mol. The summed E-state index contributed by atoms with van der Waals surface area (Å²) in [5, 5.41) is 9.97. The fraction of sp³-hybridized carbons (Fsp3) is 1.00. The molecule has 0 spiro atoms. The molecule has 1 aliphatic carbocycles. The predicted molar refractivity (Wildman–Crippen MR) is 75.1 cm³/mol. The lowest BCUT2D eigenvalue weighted by Gasteiger charge is -2.43. The summed E-state index contributed by atoms with van der Waals surface area (Å²) in [6.45, 7) is 9.44. The van der Waals surface area contributed by atoms with Gasteiger partial charge >= 0.3 is 0 Å². The molecule has 0 aliphatic heterocycles. The highest BCUT2D eigenvalue weighted by atomic mass is 16.3. The average Bonchev–Trinajstić information content (AvgIpc) is 2.24. The van der Waals surface area contributed by atoms with E-state index in [1.807, 2.05) is 0 Å². The molecule has 0 bridgehead atoms. The van der Waals surface area contributed by atoms with E-state index in [-0.39, 0.29) is 6.10 Å². The van der Waals surface area contributed by atoms with Crippen LogP contribution in [0.3, 0.4) is 0 Å². The largest absolute Gasteiger partial charge is 0.393 e. The van der Waals surface area contributed by atoms with Crippen LogP contribution in [0.5, 0.6) is 0 Å². The maximum atomic E-state index is 9.97. The lowest BCUT2D eigenvalue weighted by atomic mass is 9.62. The quantitative estimate of drug-likeness (QED) is 0.708. The lowest BCUT2D eigenvalue weighted by molar-refractivity contribution is 0.0557. The van der Waals surface area contributed by atoms with Crippen LogP contribution in [0, 0.1) is 17.3 Å². The number of rotatable bonds is 6. The minimum atomic E-state index is -0.0557. The van der Waals surface area contributed by atoms with Crippen LogP contribution in [0.25, 0.3) is 0 Å². The maximum Gasteiger partial charge on any atom is 0.0540 e. The Morgan fingerprint density at radius 1 is 1.29 bits per heavy atom. The first-order chi connectivity index (χ1) is 7.97. The van der Waals surface area contributed by atoms with E-state index in [2.05, 4.69) is 27.7 Å². The zero-order valence-corrected chi connectivity index (χ0v) is 12.3. The van der Waals surface area contributed by atoms with Crippen molar-refractivity contribution in [1.82, 2.24) is 0 Å². The van der Waals surface area contributed by atoms with Crippen LogP contribution in [0.15, 0.2) is 0 Å². The zero-order valence-electron chi connectivity index (χ0n) is 12.3. The van der Waals surface area contributed by atoms with E-state index in [4.69, 9.17) is 0 Å². The summed E-state index contributed by atoms with van der Waals surface area (Å²) in [5.74, 6) is 1.66. The van der Waals surface area contributed by atoms with Gasteiger partial charge in [-0.15, -0.1) is 0 Å². The van der Waals surface area contributed by atoms with E-state index >= 15 is 0 Å². The second-order valence-corrected chi connectivity index (χ2v) is 6.84. The van der Waals surface area contributed by atoms with E-state index in [0.717, 1.165) is 24.7 Å². The summed E-state index contributed by atoms with van der Waals surface area (Å²) < 4.78 is 0. The van der Waals surface area contributed by atoms with Gasteiger partial charge in [0.15, 0.2) is 0 Å². The van der Waals surface area contributed by atoms with E-state index < -0.39 is 0 Å². The first-order valence-electron chi connectivity index (χ1n) is 7.65. The molecular weight excluding hydrogens is 208 g/mol. The van der Waals surface area contributed by atoms with Gasteiger partial charge in [0.2, 0.25) is 0 Å². The molecule has 1 fully saturated rings. The highest BCUT2D eigenvalue weighted by molar-refractivity contribution is 4.86. The molecule has 1 N–H and O–H groups in total. The van der Waals surface area contributed by atoms with Crippen molar-refractivity contribution in [3.05, 3.63) is 0 Å². The second kappa shape index (κ2) is 6.78. The molecule has 1 aliphatic rings. The first-order valence-corrected chi connectivity index (χ1v) is 7.65. The van der Waals surface area contributed by atoms with Crippen molar-refractivity contribution >= 4 is 0 Å². The summed E-state index contributed by atoms with van der Waals surface area (Å²) in [6.07, 6.45) is 9.69. The normalized spacial score (nSPS) is 30.2. The topological polar surface area (TPSA) is 20.2 Å². The Morgan fingerprint density at radius 3 is 2.59 bits per heavy atom. The van der Waals surface area contributed by atoms with E-state index in [9.17, 15) is 5.11 Å². The van der Waals surface area contributed by atoms with E-state index in [1.165, 1.54) is 38.5 Å². The summed E-state index contributed by atoms with van der Waals surface area (Å²) in [5.41, 5.74) is 0.488. The zero-order chi connectivity index (χ0) is 12.9. The molecule has 102 valence electrons. The standard InChI is InChI=1S/C16H32O/c1-5-6-9-14(17)10-11-15-13(2)8-7-12-16(15,3)4/h13-15,17H,5-12H2,1-4H3/t13-,14?,15?/m0/s1. The van der Waals surface area contributed by atoms with Gasteiger partial charge in [0, 0.05) is 0 Å². The molecule has 17 heavy (non-hydrogen) atoms. The SMILES string of the molecule is CCCCC(O)CCC1[C@@H](C)CCCC1(C)C. The van der Waals surface area contributed by atoms with Crippen LogP contribution >= 0.6 is 0 Å². The van der Waals surface area contributed by atoms with Crippen molar-refractivity contribution in [2.75, 3.05) is 0 Å². The Bertz CT molecular complexity index is 210. The maximum absolute atomic E-state index is 9.97. The summed E-state index contributed by atoms with van der Waals surface area (Å²) in [6, 6.07) is 0. The third-order valence-corrected chi connectivity index (χ3v) is 4.87. The third kappa shape index (κ3) is 4.62. The molecule has 1 rings (SSSR count). The van der Waals surface area contributed by atoms with Gasteiger partial charge in [0.05, 0.1) is 6.10 Å². The second-order valence-electron chi connectivity index (χ2n) is 6.84. The number of unbranched alkanes of at least 4 members (excludes halogenated alkanes) is 1. The molecule has 0 saturated heterocycles. The Hall–Kier alpha value is -0.0400. The Kier molecular flexibility index (Phi) is 5.99. The Labute approximate surface area is 108 Å². The summed E-state index contributed by atoms with van der Waals surface area (Å²) >= 11 is 0. The van der Waals surface area contributed by atoms with Gasteiger partial charge in [0.1, 0.15) is 0 Å². The number of aliphatic hydroxyl groups is 1. The van der Waals surface area contributed by atoms with Crippen LogP contribution in [-0.4, -0.2) is 11.2 Å². The molecule has 0 aromatic heterocycles. The van der Waals surface area contributed by atoms with Crippen LogP contribution in [0.2, 0.25) is 0 Å². The number of hydrogen-bond donors (Lipinski definition) is 1. The van der Waals surface area contributed by atoms with Crippen molar-refractivity contribution in [1.29, 1.82) is 0 Å². The molecule has 0 amide bonds. The van der Waals surface area contributed by atoms with Gasteiger partial charge in [-0.1, -0.05) is 53.4 Å². The molecular formula is C16H32O. The molecule has 1 heteroatoms. The highest BCUT2D eigenvalue weighted by Gasteiger charge is 2.36. The van der Waals surface area contributed by atoms with E-state index in [0.29, 0.717) is 5.41 Å². The van der Waals surface area contributed by atoms with Crippen molar-refractivity contribution in [3.63, 3.8) is 0 Å². The molecule has 0 aromatic rings. The number of aliphatic hydroxyl groups excluding tert-OH is 1. The summed E-state index contributed by atoms with van der Waals surface area (Å²) in [4.78, 5) is 0. The van der Waals surface area contributed by atoms with Crippen LogP contribution < -0.4 is 0 Å². The fourth-order valence-corrected chi connectivity index (χ4v) is 3.67. The van der Waals surface area contributed by atoms with Crippen molar-refractivity contribution in [3.8, 4) is 0 Å². The Morgan fingerprint density at radius 2 is 2.00 bits per heavy atom. The van der Waals surface area contributed by atoms with E-state index in [1.54, 1.807) is 0 Å². The van der Waals surface area contributed by atoms with Crippen LogP contribution in [-0.2, 0) is 0 Å². The average molecular weight is 240 g/mol. The van der Waals surface area contributed by atoms with Gasteiger partial charge in [-0.05, 0) is 42.9 Å². The lowest BCUT2D eigenvalue weighted by Crippen LogP contribution is -2.34. The minimum Gasteiger partial charge on any atom is -0.393 e. The molecule has 0 aromatic carbocycles. The molecule has 0 heterocycles. The van der Waals surface area contributed by atoms with Gasteiger partial charge in [0.25, 0.3) is 0 Å². The fourth-order valence-electron chi connectivity index (χ4n) is 3.67. The van der Waals surface area contributed by atoms with Gasteiger partial charge in [-0.3, -0.25) is 0 Å². The molecule has 1 saturated carbocycles. The van der Waals surface area contributed by atoms with Crippen LogP contribution in [0.4, 0.5) is 0 Å². The third-order valence-electron chi connectivity index (χ3n) is 4.87. The molecule has 3 atom stereocenters. The first kappa shape index (κ1) is 15.0. The number of hydrogen-bond acceptors (Lipinski definition) is 1. The highest BCUT2D eigenvalue weighted by Crippen LogP contribution is 2.46.